The second-order valence-electron chi connectivity index (χ2n) is 6.98. The van der Waals surface area contributed by atoms with Gasteiger partial charge in [0.2, 0.25) is 0 Å². The summed E-state index contributed by atoms with van der Waals surface area (Å²) in [5.41, 5.74) is 1.38. The molecule has 6 heteroatoms. The van der Waals surface area contributed by atoms with Crippen LogP contribution in [0, 0.1) is 0 Å². The van der Waals surface area contributed by atoms with Crippen molar-refractivity contribution in [3.05, 3.63) is 35.4 Å². The van der Waals surface area contributed by atoms with Crippen LogP contribution in [0.15, 0.2) is 24.3 Å². The van der Waals surface area contributed by atoms with Gasteiger partial charge in [-0.1, -0.05) is 39.3 Å². The monoisotopic (exact) mass is 336 g/mol. The van der Waals surface area contributed by atoms with E-state index in [1.807, 2.05) is 12.1 Å². The molecule has 6 nitrogen and oxygen atoms in total. The third kappa shape index (κ3) is 5.53. The van der Waals surface area contributed by atoms with Gasteiger partial charge in [0.05, 0.1) is 10.6 Å². The van der Waals surface area contributed by atoms with Crippen LogP contribution in [0.25, 0.3) is 0 Å². The molecule has 0 atom stereocenters. The highest BCUT2D eigenvalue weighted by atomic mass is 17.5. The molecule has 1 aromatic carbocycles. The summed E-state index contributed by atoms with van der Waals surface area (Å²) in [6, 6.07) is 6.95. The summed E-state index contributed by atoms with van der Waals surface area (Å²) >= 11 is 0. The van der Waals surface area contributed by atoms with Crippen molar-refractivity contribution in [2.45, 2.75) is 64.4 Å². The van der Waals surface area contributed by atoms with Gasteiger partial charge in [-0.25, -0.2) is 14.5 Å². The first-order valence-corrected chi connectivity index (χ1v) is 8.23. The zero-order chi connectivity index (χ0) is 17.6. The predicted octanol–water partition coefficient (Wildman–Crippen LogP) is 4.47. The van der Waals surface area contributed by atoms with E-state index in [0.717, 1.165) is 37.7 Å². The molecule has 1 aromatic rings. The molecule has 132 valence electrons. The molecule has 0 radical (unpaired) electrons. The average molecular weight is 336 g/mol. The normalized spacial score (nSPS) is 15.6. The smallest absolute Gasteiger partial charge is 0.429 e. The largest absolute Gasteiger partial charge is 0.543 e. The fourth-order valence-electron chi connectivity index (χ4n) is 2.57. The lowest BCUT2D eigenvalue weighted by Crippen LogP contribution is -2.22. The maximum absolute atomic E-state index is 11.8. The molecule has 0 bridgehead atoms. The maximum Gasteiger partial charge on any atom is 0.543 e. The van der Waals surface area contributed by atoms with Crippen LogP contribution in [0.2, 0.25) is 0 Å². The molecule has 0 aliphatic heterocycles. The SMILES string of the molecule is CC(C)(C)c1ccc(C(=O)OOOC(=O)OC2CCCCC2)cc1. The van der Waals surface area contributed by atoms with Gasteiger partial charge >= 0.3 is 12.1 Å². The van der Waals surface area contributed by atoms with E-state index in [2.05, 4.69) is 35.6 Å². The second-order valence-corrected chi connectivity index (χ2v) is 6.98. The van der Waals surface area contributed by atoms with Crippen LogP contribution in [-0.4, -0.2) is 18.2 Å². The highest BCUT2D eigenvalue weighted by Crippen LogP contribution is 2.22. The molecule has 0 spiro atoms. The molecule has 0 N–H and O–H groups in total. The third-order valence-electron chi connectivity index (χ3n) is 4.01. The molecule has 1 aliphatic rings. The Morgan fingerprint density at radius 3 is 2.17 bits per heavy atom. The van der Waals surface area contributed by atoms with Gasteiger partial charge in [-0.2, -0.15) is 0 Å². The van der Waals surface area contributed by atoms with Gasteiger partial charge in [0.25, 0.3) is 0 Å². The van der Waals surface area contributed by atoms with E-state index in [0.29, 0.717) is 5.56 Å². The maximum atomic E-state index is 11.8. The van der Waals surface area contributed by atoms with Gasteiger partial charge in [0, 0.05) is 0 Å². The van der Waals surface area contributed by atoms with Crippen LogP contribution >= 0.6 is 0 Å². The zero-order valence-corrected chi connectivity index (χ0v) is 14.4. The van der Waals surface area contributed by atoms with Gasteiger partial charge in [-0.3, -0.25) is 4.89 Å². The Labute approximate surface area is 141 Å². The lowest BCUT2D eigenvalue weighted by molar-refractivity contribution is -0.453. The quantitative estimate of drug-likeness (QED) is 0.459. The fraction of sp³-hybridized carbons (Fsp3) is 0.556. The highest BCUT2D eigenvalue weighted by molar-refractivity contribution is 5.88. The minimum Gasteiger partial charge on any atom is -0.429 e. The van der Waals surface area contributed by atoms with E-state index in [9.17, 15) is 9.59 Å². The van der Waals surface area contributed by atoms with Crippen LogP contribution in [-0.2, 0) is 25.0 Å². The zero-order valence-electron chi connectivity index (χ0n) is 14.4. The molecular formula is C18H24O6. The molecule has 2 rings (SSSR count). The molecule has 0 amide bonds. The Hall–Kier alpha value is -2.08. The lowest BCUT2D eigenvalue weighted by atomic mass is 9.87. The van der Waals surface area contributed by atoms with Crippen molar-refractivity contribution in [2.24, 2.45) is 0 Å². The fourth-order valence-corrected chi connectivity index (χ4v) is 2.57. The summed E-state index contributed by atoms with van der Waals surface area (Å²) < 4.78 is 5.05. The standard InChI is InChI=1S/C18H24O6/c1-18(2,3)14-11-9-13(10-12-14)16(19)22-24-23-17(20)21-15-7-5-4-6-8-15/h9-12,15H,4-8H2,1-3H3. The summed E-state index contributed by atoms with van der Waals surface area (Å²) in [5, 5.41) is 4.23. The van der Waals surface area contributed by atoms with Crippen molar-refractivity contribution >= 4 is 12.1 Å². The van der Waals surface area contributed by atoms with Crippen LogP contribution in [0.3, 0.4) is 0 Å². The van der Waals surface area contributed by atoms with Crippen LogP contribution < -0.4 is 0 Å². The second kappa shape index (κ2) is 8.15. The number of carbonyl (C=O) groups is 2. The molecule has 0 aromatic heterocycles. The van der Waals surface area contributed by atoms with Crippen LogP contribution in [0.1, 0.15) is 68.8 Å². The number of carbonyl (C=O) groups excluding carboxylic acids is 2. The Balaban J connectivity index is 1.73. The van der Waals surface area contributed by atoms with E-state index in [-0.39, 0.29) is 11.5 Å². The first kappa shape index (κ1) is 18.3. The Morgan fingerprint density at radius 2 is 1.58 bits per heavy atom. The first-order chi connectivity index (χ1) is 11.4. The van der Waals surface area contributed by atoms with Gasteiger partial charge in [0.15, 0.2) is 0 Å². The lowest BCUT2D eigenvalue weighted by Gasteiger charge is -2.20. The number of ether oxygens (including phenoxy) is 1. The van der Waals surface area contributed by atoms with Crippen molar-refractivity contribution in [3.63, 3.8) is 0 Å². The van der Waals surface area contributed by atoms with Crippen LogP contribution in [0.5, 0.6) is 0 Å². The van der Waals surface area contributed by atoms with Gasteiger partial charge in [-0.05, 0) is 48.8 Å². The Morgan fingerprint density at radius 1 is 0.958 bits per heavy atom. The van der Waals surface area contributed by atoms with E-state index in [1.165, 1.54) is 0 Å². The van der Waals surface area contributed by atoms with Gasteiger partial charge in [-0.15, -0.1) is 0 Å². The Kier molecular flexibility index (Phi) is 6.20. The van der Waals surface area contributed by atoms with Crippen molar-refractivity contribution in [1.82, 2.24) is 0 Å². The molecule has 0 heterocycles. The number of hydrogen-bond donors (Lipinski definition) is 0. The van der Waals surface area contributed by atoms with Crippen molar-refractivity contribution in [3.8, 4) is 0 Å². The Bertz CT molecular complexity index is 552. The number of rotatable bonds is 4. The molecule has 1 saturated carbocycles. The molecule has 1 aliphatic carbocycles. The average Bonchev–Trinajstić information content (AvgIpc) is 2.55. The van der Waals surface area contributed by atoms with Gasteiger partial charge < -0.3 is 4.74 Å². The first-order valence-electron chi connectivity index (χ1n) is 8.23. The minimum absolute atomic E-state index is 0.00901. The summed E-state index contributed by atoms with van der Waals surface area (Å²) in [5.74, 6) is -0.749. The summed E-state index contributed by atoms with van der Waals surface area (Å²) in [7, 11) is 0. The van der Waals surface area contributed by atoms with E-state index < -0.39 is 12.1 Å². The van der Waals surface area contributed by atoms with Crippen molar-refractivity contribution < 1.29 is 29.1 Å². The van der Waals surface area contributed by atoms with E-state index in [1.54, 1.807) is 12.1 Å². The molecule has 0 saturated heterocycles. The van der Waals surface area contributed by atoms with Crippen LogP contribution in [0.4, 0.5) is 4.79 Å². The predicted molar refractivity (Wildman–Crippen MR) is 86.1 cm³/mol. The third-order valence-corrected chi connectivity index (χ3v) is 4.01. The highest BCUT2D eigenvalue weighted by Gasteiger charge is 2.20. The molecule has 1 fully saturated rings. The summed E-state index contributed by atoms with van der Waals surface area (Å²) in [6.07, 6.45) is 3.67. The summed E-state index contributed by atoms with van der Waals surface area (Å²) in [6.45, 7) is 6.24. The number of benzene rings is 1. The van der Waals surface area contributed by atoms with E-state index in [4.69, 9.17) is 4.74 Å². The molecule has 0 unspecified atom stereocenters. The van der Waals surface area contributed by atoms with E-state index >= 15 is 0 Å². The van der Waals surface area contributed by atoms with Gasteiger partial charge in [0.1, 0.15) is 6.10 Å². The topological polar surface area (TPSA) is 71.1 Å². The van der Waals surface area contributed by atoms with Crippen molar-refractivity contribution in [1.29, 1.82) is 0 Å². The summed E-state index contributed by atoms with van der Waals surface area (Å²) in [4.78, 5) is 32.0. The minimum atomic E-state index is -1.00. The molecule has 24 heavy (non-hydrogen) atoms. The number of hydrogen-bond acceptors (Lipinski definition) is 6. The molecular weight excluding hydrogens is 312 g/mol. The van der Waals surface area contributed by atoms with Crippen molar-refractivity contribution in [2.75, 3.05) is 0 Å².